The largest absolute Gasteiger partial charge is 0.355 e. The second-order valence-electron chi connectivity index (χ2n) is 5.90. The van der Waals surface area contributed by atoms with Crippen LogP contribution in [0.25, 0.3) is 0 Å². The molecule has 0 aromatic rings. The van der Waals surface area contributed by atoms with Crippen molar-refractivity contribution in [3.05, 3.63) is 0 Å². The summed E-state index contributed by atoms with van der Waals surface area (Å²) in [7, 11) is 0. The van der Waals surface area contributed by atoms with Gasteiger partial charge in [0, 0.05) is 6.54 Å². The van der Waals surface area contributed by atoms with E-state index in [1.54, 1.807) is 13.8 Å². The average molecular weight is 282 g/mol. The predicted octanol–water partition coefficient (Wildman–Crippen LogP) is -0.567. The predicted molar refractivity (Wildman–Crippen MR) is 72.9 cm³/mol. The summed E-state index contributed by atoms with van der Waals surface area (Å²) in [4.78, 5) is 36.3. The van der Waals surface area contributed by atoms with Gasteiger partial charge < -0.3 is 15.5 Å². The second-order valence-corrected chi connectivity index (χ2v) is 5.90. The van der Waals surface area contributed by atoms with Crippen LogP contribution in [0.3, 0.4) is 0 Å². The molecule has 2 saturated heterocycles. The highest BCUT2D eigenvalue weighted by Gasteiger charge is 2.46. The van der Waals surface area contributed by atoms with Crippen molar-refractivity contribution in [2.24, 2.45) is 5.92 Å². The lowest BCUT2D eigenvalue weighted by molar-refractivity contribution is -0.127. The number of hydrogen-bond donors (Lipinski definition) is 3. The Morgan fingerprint density at radius 1 is 1.45 bits per heavy atom. The molecule has 2 aliphatic rings. The molecule has 0 aromatic carbocycles. The third-order valence-corrected chi connectivity index (χ3v) is 4.03. The van der Waals surface area contributed by atoms with Crippen LogP contribution in [0, 0.1) is 5.92 Å². The summed E-state index contributed by atoms with van der Waals surface area (Å²) in [6.45, 7) is 5.83. The van der Waals surface area contributed by atoms with Crippen molar-refractivity contribution in [1.82, 2.24) is 20.9 Å². The quantitative estimate of drug-likeness (QED) is 0.589. The summed E-state index contributed by atoms with van der Waals surface area (Å²) in [5.74, 6) is 0.0182. The number of urea groups is 1. The summed E-state index contributed by atoms with van der Waals surface area (Å²) in [5.41, 5.74) is -0.968. The van der Waals surface area contributed by atoms with E-state index in [9.17, 15) is 14.4 Å². The second kappa shape index (κ2) is 5.78. The van der Waals surface area contributed by atoms with Crippen LogP contribution >= 0.6 is 0 Å². The fourth-order valence-corrected chi connectivity index (χ4v) is 2.54. The molecule has 2 aliphatic heterocycles. The molecule has 2 heterocycles. The minimum Gasteiger partial charge on any atom is -0.355 e. The van der Waals surface area contributed by atoms with Gasteiger partial charge in [-0.05, 0) is 45.7 Å². The normalized spacial score (nSPS) is 24.9. The van der Waals surface area contributed by atoms with Gasteiger partial charge in [0.15, 0.2) is 0 Å². The molecule has 112 valence electrons. The molecular formula is C13H22N4O3. The van der Waals surface area contributed by atoms with Gasteiger partial charge >= 0.3 is 6.03 Å². The van der Waals surface area contributed by atoms with Crippen molar-refractivity contribution in [2.45, 2.75) is 32.2 Å². The Morgan fingerprint density at radius 3 is 2.75 bits per heavy atom. The zero-order valence-corrected chi connectivity index (χ0v) is 12.0. The first kappa shape index (κ1) is 14.8. The first-order valence-electron chi connectivity index (χ1n) is 7.01. The number of imide groups is 1. The number of nitrogens with one attached hydrogen (secondary N) is 3. The first-order valence-corrected chi connectivity index (χ1v) is 7.01. The third kappa shape index (κ3) is 3.09. The molecule has 1 atom stereocenters. The molecule has 3 N–H and O–H groups in total. The van der Waals surface area contributed by atoms with Crippen LogP contribution in [0.2, 0.25) is 0 Å². The average Bonchev–Trinajstić information content (AvgIpc) is 2.93. The number of nitrogens with zero attached hydrogens (tertiary/aromatic N) is 1. The van der Waals surface area contributed by atoms with E-state index in [2.05, 4.69) is 16.0 Å². The van der Waals surface area contributed by atoms with Crippen LogP contribution in [0.1, 0.15) is 26.7 Å². The van der Waals surface area contributed by atoms with Gasteiger partial charge in [0.25, 0.3) is 5.91 Å². The van der Waals surface area contributed by atoms with Gasteiger partial charge in [0.2, 0.25) is 5.91 Å². The maximum Gasteiger partial charge on any atom is 0.325 e. The van der Waals surface area contributed by atoms with E-state index in [1.807, 2.05) is 0 Å². The molecule has 2 fully saturated rings. The van der Waals surface area contributed by atoms with Crippen molar-refractivity contribution < 1.29 is 14.4 Å². The maximum atomic E-state index is 11.9. The van der Waals surface area contributed by atoms with Gasteiger partial charge in [-0.3, -0.25) is 14.9 Å². The molecule has 7 heteroatoms. The molecule has 0 spiro atoms. The monoisotopic (exact) mass is 282 g/mol. The van der Waals surface area contributed by atoms with E-state index in [0.717, 1.165) is 25.9 Å². The minimum absolute atomic E-state index is 0.0898. The molecule has 0 bridgehead atoms. The molecule has 0 aromatic heterocycles. The van der Waals surface area contributed by atoms with Crippen molar-refractivity contribution in [1.29, 1.82) is 0 Å². The van der Waals surface area contributed by atoms with Gasteiger partial charge in [0.1, 0.15) is 12.1 Å². The number of carbonyl (C=O) groups is 3. The summed E-state index contributed by atoms with van der Waals surface area (Å²) in [6, 6.07) is -0.504. The maximum absolute atomic E-state index is 11.9. The van der Waals surface area contributed by atoms with Crippen LogP contribution in [-0.4, -0.2) is 54.5 Å². The Kier molecular flexibility index (Phi) is 4.27. The zero-order valence-electron chi connectivity index (χ0n) is 12.0. The SMILES string of the molecule is CC1(C)C(=O)NC(=O)N1CC(=O)NCCC1CCNC1. The molecule has 0 saturated carbocycles. The Morgan fingerprint density at radius 2 is 2.20 bits per heavy atom. The van der Waals surface area contributed by atoms with E-state index in [1.165, 1.54) is 4.90 Å². The van der Waals surface area contributed by atoms with Gasteiger partial charge in [-0.2, -0.15) is 0 Å². The van der Waals surface area contributed by atoms with E-state index >= 15 is 0 Å². The topological polar surface area (TPSA) is 90.5 Å². The Labute approximate surface area is 118 Å². The highest BCUT2D eigenvalue weighted by atomic mass is 16.2. The standard InChI is InChI=1S/C13H22N4O3/c1-13(2)11(19)16-12(20)17(13)8-10(18)15-6-4-9-3-5-14-7-9/h9,14H,3-8H2,1-2H3,(H,15,18)(H,16,19,20). The molecule has 1 unspecified atom stereocenters. The fourth-order valence-electron chi connectivity index (χ4n) is 2.54. The molecule has 7 nitrogen and oxygen atoms in total. The van der Waals surface area contributed by atoms with Gasteiger partial charge in [-0.1, -0.05) is 0 Å². The van der Waals surface area contributed by atoms with Crippen LogP contribution in [0.4, 0.5) is 4.79 Å². The third-order valence-electron chi connectivity index (χ3n) is 4.03. The first-order chi connectivity index (χ1) is 9.41. The number of carbonyl (C=O) groups excluding carboxylic acids is 3. The van der Waals surface area contributed by atoms with Crippen LogP contribution < -0.4 is 16.0 Å². The number of amides is 4. The van der Waals surface area contributed by atoms with Crippen molar-refractivity contribution in [3.63, 3.8) is 0 Å². The van der Waals surface area contributed by atoms with Crippen molar-refractivity contribution in [3.8, 4) is 0 Å². The van der Waals surface area contributed by atoms with E-state index in [-0.39, 0.29) is 18.4 Å². The Balaban J connectivity index is 1.76. The molecular weight excluding hydrogens is 260 g/mol. The number of hydrogen-bond acceptors (Lipinski definition) is 4. The summed E-state index contributed by atoms with van der Waals surface area (Å²) in [5, 5.41) is 8.31. The van der Waals surface area contributed by atoms with Gasteiger partial charge in [0.05, 0.1) is 0 Å². The van der Waals surface area contributed by atoms with Gasteiger partial charge in [-0.25, -0.2) is 4.79 Å². The lowest BCUT2D eigenvalue weighted by Crippen LogP contribution is -2.49. The Bertz CT molecular complexity index is 416. The molecule has 4 amide bonds. The molecule has 20 heavy (non-hydrogen) atoms. The lowest BCUT2D eigenvalue weighted by atomic mass is 10.0. The van der Waals surface area contributed by atoms with Crippen molar-refractivity contribution in [2.75, 3.05) is 26.2 Å². The summed E-state index contributed by atoms with van der Waals surface area (Å²) >= 11 is 0. The van der Waals surface area contributed by atoms with Crippen LogP contribution in [-0.2, 0) is 9.59 Å². The van der Waals surface area contributed by atoms with Crippen molar-refractivity contribution >= 4 is 17.8 Å². The van der Waals surface area contributed by atoms with Crippen LogP contribution in [0.15, 0.2) is 0 Å². The summed E-state index contributed by atoms with van der Waals surface area (Å²) in [6.07, 6.45) is 2.08. The molecule has 0 radical (unpaired) electrons. The lowest BCUT2D eigenvalue weighted by Gasteiger charge is -2.27. The van der Waals surface area contributed by atoms with Crippen LogP contribution in [0.5, 0.6) is 0 Å². The minimum atomic E-state index is -0.968. The Hall–Kier alpha value is -1.63. The van der Waals surface area contributed by atoms with E-state index in [0.29, 0.717) is 12.5 Å². The zero-order chi connectivity index (χ0) is 14.8. The number of rotatable bonds is 5. The van der Waals surface area contributed by atoms with Gasteiger partial charge in [-0.15, -0.1) is 0 Å². The fraction of sp³-hybridized carbons (Fsp3) is 0.769. The highest BCUT2D eigenvalue weighted by Crippen LogP contribution is 2.20. The van der Waals surface area contributed by atoms with E-state index in [4.69, 9.17) is 0 Å². The van der Waals surface area contributed by atoms with E-state index < -0.39 is 11.6 Å². The summed E-state index contributed by atoms with van der Waals surface area (Å²) < 4.78 is 0. The molecule has 0 aliphatic carbocycles. The molecule has 2 rings (SSSR count). The smallest absolute Gasteiger partial charge is 0.325 e. The highest BCUT2D eigenvalue weighted by molar-refractivity contribution is 6.07.